The van der Waals surface area contributed by atoms with Gasteiger partial charge in [-0.15, -0.1) is 11.8 Å². The van der Waals surface area contributed by atoms with Gasteiger partial charge in [-0.2, -0.15) is 0 Å². The molecule has 1 atom stereocenters. The van der Waals surface area contributed by atoms with Crippen molar-refractivity contribution in [1.29, 1.82) is 0 Å². The lowest BCUT2D eigenvalue weighted by molar-refractivity contribution is 0.657. The van der Waals surface area contributed by atoms with Gasteiger partial charge in [0.05, 0.1) is 0 Å². The minimum atomic E-state index is 0.369. The number of benzene rings is 2. The molecule has 112 valence electrons. The fourth-order valence-corrected chi connectivity index (χ4v) is 4.06. The highest BCUT2D eigenvalue weighted by Gasteiger charge is 2.13. The standard InChI is InChI=1S/C18H22BrNS/c1-12-8-14(3)17(9-13(12)2)18(20-4)11-21-16-7-5-6-15(19)10-16/h5-10,18,20H,11H2,1-4H3. The normalized spacial score (nSPS) is 12.4. The van der Waals surface area contributed by atoms with E-state index in [1.807, 2.05) is 18.8 Å². The average Bonchev–Trinajstić information content (AvgIpc) is 2.45. The van der Waals surface area contributed by atoms with Crippen LogP contribution in [0.2, 0.25) is 0 Å². The second-order valence-electron chi connectivity index (χ2n) is 5.40. The Morgan fingerprint density at radius 2 is 1.76 bits per heavy atom. The van der Waals surface area contributed by atoms with E-state index >= 15 is 0 Å². The van der Waals surface area contributed by atoms with Crippen LogP contribution in [0.15, 0.2) is 45.8 Å². The van der Waals surface area contributed by atoms with E-state index in [-0.39, 0.29) is 0 Å². The highest BCUT2D eigenvalue weighted by Crippen LogP contribution is 2.29. The molecule has 3 heteroatoms. The lowest BCUT2D eigenvalue weighted by Crippen LogP contribution is -2.20. The van der Waals surface area contributed by atoms with Gasteiger partial charge in [0.15, 0.2) is 0 Å². The zero-order chi connectivity index (χ0) is 15.4. The van der Waals surface area contributed by atoms with E-state index in [0.717, 1.165) is 10.2 Å². The van der Waals surface area contributed by atoms with Crippen molar-refractivity contribution in [3.63, 3.8) is 0 Å². The number of halogens is 1. The third-order valence-electron chi connectivity index (χ3n) is 3.82. The molecule has 2 aromatic rings. The van der Waals surface area contributed by atoms with E-state index in [9.17, 15) is 0 Å². The van der Waals surface area contributed by atoms with Gasteiger partial charge in [-0.05, 0) is 68.3 Å². The van der Waals surface area contributed by atoms with Crippen LogP contribution in [0.3, 0.4) is 0 Å². The Hall–Kier alpha value is -0.770. The number of aryl methyl sites for hydroxylation is 3. The van der Waals surface area contributed by atoms with Crippen molar-refractivity contribution in [3.05, 3.63) is 63.1 Å². The Balaban J connectivity index is 2.15. The molecule has 0 amide bonds. The lowest BCUT2D eigenvalue weighted by atomic mass is 9.96. The first-order valence-electron chi connectivity index (χ1n) is 7.14. The highest BCUT2D eigenvalue weighted by atomic mass is 79.9. The summed E-state index contributed by atoms with van der Waals surface area (Å²) in [6.45, 7) is 6.57. The predicted molar refractivity (Wildman–Crippen MR) is 97.3 cm³/mol. The first-order valence-corrected chi connectivity index (χ1v) is 8.92. The first kappa shape index (κ1) is 16.6. The Morgan fingerprint density at radius 1 is 1.05 bits per heavy atom. The van der Waals surface area contributed by atoms with Crippen molar-refractivity contribution >= 4 is 27.7 Å². The van der Waals surface area contributed by atoms with E-state index in [2.05, 4.69) is 78.4 Å². The molecule has 0 aliphatic heterocycles. The fraction of sp³-hybridized carbons (Fsp3) is 0.333. The van der Waals surface area contributed by atoms with Crippen molar-refractivity contribution in [2.75, 3.05) is 12.8 Å². The van der Waals surface area contributed by atoms with Crippen LogP contribution in [0.4, 0.5) is 0 Å². The third-order valence-corrected chi connectivity index (χ3v) is 5.40. The fourth-order valence-electron chi connectivity index (χ4n) is 2.42. The van der Waals surface area contributed by atoms with Gasteiger partial charge in [0.1, 0.15) is 0 Å². The van der Waals surface area contributed by atoms with Crippen LogP contribution in [0.25, 0.3) is 0 Å². The van der Waals surface area contributed by atoms with Crippen molar-refractivity contribution < 1.29 is 0 Å². The van der Waals surface area contributed by atoms with Crippen LogP contribution >= 0.6 is 27.7 Å². The largest absolute Gasteiger partial charge is 0.312 e. The molecule has 1 unspecified atom stereocenters. The van der Waals surface area contributed by atoms with Crippen molar-refractivity contribution in [3.8, 4) is 0 Å². The molecule has 0 heterocycles. The number of nitrogens with one attached hydrogen (secondary N) is 1. The predicted octanol–water partition coefficient (Wildman–Crippen LogP) is 5.43. The summed E-state index contributed by atoms with van der Waals surface area (Å²) in [5, 5.41) is 3.46. The van der Waals surface area contributed by atoms with Crippen LogP contribution in [0.5, 0.6) is 0 Å². The smallest absolute Gasteiger partial charge is 0.0415 e. The van der Waals surface area contributed by atoms with E-state index in [4.69, 9.17) is 0 Å². The first-order chi connectivity index (χ1) is 10.0. The molecule has 0 radical (unpaired) electrons. The van der Waals surface area contributed by atoms with Crippen LogP contribution < -0.4 is 5.32 Å². The van der Waals surface area contributed by atoms with E-state index in [1.54, 1.807) is 0 Å². The Kier molecular flexibility index (Phi) is 5.91. The summed E-state index contributed by atoms with van der Waals surface area (Å²) >= 11 is 5.42. The number of hydrogen-bond donors (Lipinski definition) is 1. The molecule has 0 aliphatic rings. The Labute approximate surface area is 140 Å². The van der Waals surface area contributed by atoms with E-state index in [0.29, 0.717) is 6.04 Å². The molecule has 1 N–H and O–H groups in total. The summed E-state index contributed by atoms with van der Waals surface area (Å²) in [5.74, 6) is 1.02. The number of hydrogen-bond acceptors (Lipinski definition) is 2. The zero-order valence-corrected chi connectivity index (χ0v) is 15.4. The second kappa shape index (κ2) is 7.48. The molecule has 0 fully saturated rings. The highest BCUT2D eigenvalue weighted by molar-refractivity contribution is 9.10. The van der Waals surface area contributed by atoms with Gasteiger partial charge in [-0.3, -0.25) is 0 Å². The summed E-state index contributed by atoms with van der Waals surface area (Å²) in [4.78, 5) is 1.30. The minimum absolute atomic E-state index is 0.369. The van der Waals surface area contributed by atoms with Crippen LogP contribution in [0, 0.1) is 20.8 Å². The van der Waals surface area contributed by atoms with Gasteiger partial charge in [0.25, 0.3) is 0 Å². The van der Waals surface area contributed by atoms with Crippen LogP contribution in [-0.4, -0.2) is 12.8 Å². The molecule has 0 spiro atoms. The van der Waals surface area contributed by atoms with Gasteiger partial charge in [-0.1, -0.05) is 34.1 Å². The summed E-state index contributed by atoms with van der Waals surface area (Å²) in [7, 11) is 2.04. The number of thioether (sulfide) groups is 1. The molecular formula is C18H22BrNS. The number of rotatable bonds is 5. The second-order valence-corrected chi connectivity index (χ2v) is 7.41. The maximum atomic E-state index is 3.53. The minimum Gasteiger partial charge on any atom is -0.312 e. The lowest BCUT2D eigenvalue weighted by Gasteiger charge is -2.20. The summed E-state index contributed by atoms with van der Waals surface area (Å²) in [6, 6.07) is 13.5. The molecule has 2 aromatic carbocycles. The van der Waals surface area contributed by atoms with Crippen molar-refractivity contribution in [2.24, 2.45) is 0 Å². The van der Waals surface area contributed by atoms with Gasteiger partial charge < -0.3 is 5.32 Å². The molecule has 0 bridgehead atoms. The SMILES string of the molecule is CNC(CSc1cccc(Br)c1)c1cc(C)c(C)cc1C. The molecule has 0 aromatic heterocycles. The summed E-state index contributed by atoms with van der Waals surface area (Å²) in [6.07, 6.45) is 0. The molecule has 2 rings (SSSR count). The molecule has 0 saturated heterocycles. The topological polar surface area (TPSA) is 12.0 Å². The Bertz CT molecular complexity index is 625. The summed E-state index contributed by atoms with van der Waals surface area (Å²) < 4.78 is 1.14. The molecule has 0 saturated carbocycles. The zero-order valence-electron chi connectivity index (χ0n) is 13.0. The van der Waals surface area contributed by atoms with Gasteiger partial charge in [0, 0.05) is 21.2 Å². The third kappa shape index (κ3) is 4.35. The Morgan fingerprint density at radius 3 is 2.43 bits per heavy atom. The maximum absolute atomic E-state index is 3.53. The quantitative estimate of drug-likeness (QED) is 0.711. The van der Waals surface area contributed by atoms with Gasteiger partial charge in [0.2, 0.25) is 0 Å². The maximum Gasteiger partial charge on any atom is 0.0415 e. The molecule has 1 nitrogen and oxygen atoms in total. The molecular weight excluding hydrogens is 342 g/mol. The average molecular weight is 364 g/mol. The molecule has 21 heavy (non-hydrogen) atoms. The van der Waals surface area contributed by atoms with Crippen LogP contribution in [-0.2, 0) is 0 Å². The van der Waals surface area contributed by atoms with Gasteiger partial charge >= 0.3 is 0 Å². The van der Waals surface area contributed by atoms with Gasteiger partial charge in [-0.25, -0.2) is 0 Å². The van der Waals surface area contributed by atoms with E-state index in [1.165, 1.54) is 27.1 Å². The van der Waals surface area contributed by atoms with Crippen LogP contribution in [0.1, 0.15) is 28.3 Å². The summed E-state index contributed by atoms with van der Waals surface area (Å²) in [5.41, 5.74) is 5.50. The van der Waals surface area contributed by atoms with Crippen molar-refractivity contribution in [1.82, 2.24) is 5.32 Å². The van der Waals surface area contributed by atoms with Crippen molar-refractivity contribution in [2.45, 2.75) is 31.7 Å². The molecule has 0 aliphatic carbocycles. The monoisotopic (exact) mass is 363 g/mol. The van der Waals surface area contributed by atoms with E-state index < -0.39 is 0 Å².